The van der Waals surface area contributed by atoms with Gasteiger partial charge in [-0.05, 0) is 37.0 Å². The molecule has 1 fully saturated rings. The standard InChI is InChI=1S/C18H22N2O3/c1-11-13(10-12-6-3-2-4-7-12)20-9-5-8-14(21)16(20)15(11)17(22)18(19)23/h5,8-9,12,21H,2-4,6-7,10H2,1H3,(H2,19,23). The lowest BCUT2D eigenvalue weighted by atomic mass is 9.85. The van der Waals surface area contributed by atoms with Gasteiger partial charge in [-0.2, -0.15) is 0 Å². The first-order valence-corrected chi connectivity index (χ1v) is 8.16. The monoisotopic (exact) mass is 314 g/mol. The predicted molar refractivity (Wildman–Crippen MR) is 87.6 cm³/mol. The van der Waals surface area contributed by atoms with Crippen LogP contribution in [0.5, 0.6) is 5.75 Å². The van der Waals surface area contributed by atoms with Gasteiger partial charge in [0.2, 0.25) is 0 Å². The molecule has 1 aliphatic carbocycles. The van der Waals surface area contributed by atoms with Gasteiger partial charge >= 0.3 is 0 Å². The number of rotatable bonds is 4. The van der Waals surface area contributed by atoms with Crippen molar-refractivity contribution in [3.05, 3.63) is 35.2 Å². The van der Waals surface area contributed by atoms with Crippen molar-refractivity contribution >= 4 is 17.2 Å². The fraction of sp³-hybridized carbons (Fsp3) is 0.444. The molecule has 3 rings (SSSR count). The lowest BCUT2D eigenvalue weighted by Crippen LogP contribution is -2.23. The van der Waals surface area contributed by atoms with Crippen molar-refractivity contribution in [2.75, 3.05) is 0 Å². The summed E-state index contributed by atoms with van der Waals surface area (Å²) >= 11 is 0. The molecule has 5 nitrogen and oxygen atoms in total. The first kappa shape index (κ1) is 15.6. The van der Waals surface area contributed by atoms with Crippen molar-refractivity contribution in [3.8, 4) is 5.75 Å². The van der Waals surface area contributed by atoms with Crippen LogP contribution >= 0.6 is 0 Å². The molecule has 0 bridgehead atoms. The van der Waals surface area contributed by atoms with E-state index in [-0.39, 0.29) is 11.3 Å². The predicted octanol–water partition coefficient (Wildman–Crippen LogP) is 2.74. The smallest absolute Gasteiger partial charge is 0.289 e. The van der Waals surface area contributed by atoms with Gasteiger partial charge in [-0.3, -0.25) is 9.59 Å². The van der Waals surface area contributed by atoms with Gasteiger partial charge in [0.25, 0.3) is 11.7 Å². The Morgan fingerprint density at radius 1 is 1.30 bits per heavy atom. The Morgan fingerprint density at radius 3 is 2.65 bits per heavy atom. The normalized spacial score (nSPS) is 15.9. The number of aromatic hydroxyl groups is 1. The Morgan fingerprint density at radius 2 is 2.00 bits per heavy atom. The van der Waals surface area contributed by atoms with E-state index in [1.807, 2.05) is 17.5 Å². The molecule has 0 aromatic carbocycles. The van der Waals surface area contributed by atoms with Crippen LogP contribution in [-0.2, 0) is 11.2 Å². The lowest BCUT2D eigenvalue weighted by Gasteiger charge is -2.21. The highest BCUT2D eigenvalue weighted by Crippen LogP contribution is 2.34. The van der Waals surface area contributed by atoms with E-state index in [1.54, 1.807) is 6.07 Å². The van der Waals surface area contributed by atoms with E-state index in [0.29, 0.717) is 11.4 Å². The average molecular weight is 314 g/mol. The van der Waals surface area contributed by atoms with Gasteiger partial charge in [-0.15, -0.1) is 0 Å². The van der Waals surface area contributed by atoms with Crippen LogP contribution in [0.4, 0.5) is 0 Å². The van der Waals surface area contributed by atoms with Gasteiger partial charge in [0, 0.05) is 11.9 Å². The van der Waals surface area contributed by atoms with Crippen LogP contribution in [0.2, 0.25) is 0 Å². The zero-order valence-corrected chi connectivity index (χ0v) is 13.3. The SMILES string of the molecule is Cc1c(C(=O)C(N)=O)c2c(O)cccn2c1CC1CCCCC1. The van der Waals surface area contributed by atoms with Crippen LogP contribution in [-0.4, -0.2) is 21.2 Å². The van der Waals surface area contributed by atoms with Crippen molar-refractivity contribution in [2.45, 2.75) is 45.4 Å². The number of fused-ring (bicyclic) bond motifs is 1. The molecule has 122 valence electrons. The van der Waals surface area contributed by atoms with Crippen LogP contribution in [0.3, 0.4) is 0 Å². The number of aromatic nitrogens is 1. The maximum absolute atomic E-state index is 12.2. The summed E-state index contributed by atoms with van der Waals surface area (Å²) < 4.78 is 1.84. The first-order chi connectivity index (χ1) is 11.0. The molecule has 1 saturated carbocycles. The largest absolute Gasteiger partial charge is 0.506 e. The van der Waals surface area contributed by atoms with E-state index in [1.165, 1.54) is 38.2 Å². The maximum Gasteiger partial charge on any atom is 0.289 e. The highest BCUT2D eigenvalue weighted by Gasteiger charge is 2.27. The lowest BCUT2D eigenvalue weighted by molar-refractivity contribution is -0.114. The summed E-state index contributed by atoms with van der Waals surface area (Å²) in [6.07, 6.45) is 8.82. The topological polar surface area (TPSA) is 84.8 Å². The molecule has 2 aromatic heterocycles. The summed E-state index contributed by atoms with van der Waals surface area (Å²) in [5.41, 5.74) is 7.56. The number of ketones is 1. The van der Waals surface area contributed by atoms with Crippen LogP contribution in [0.1, 0.15) is 53.7 Å². The summed E-state index contributed by atoms with van der Waals surface area (Å²) in [6, 6.07) is 3.27. The van der Waals surface area contributed by atoms with E-state index in [0.717, 1.165) is 17.7 Å². The zero-order chi connectivity index (χ0) is 16.6. The number of carbonyl (C=O) groups excluding carboxylic acids is 2. The second-order valence-electron chi connectivity index (χ2n) is 6.46. The van der Waals surface area contributed by atoms with Crippen molar-refractivity contribution in [1.29, 1.82) is 0 Å². The molecule has 1 aliphatic rings. The van der Waals surface area contributed by atoms with Crippen LogP contribution in [0, 0.1) is 12.8 Å². The van der Waals surface area contributed by atoms with E-state index in [2.05, 4.69) is 0 Å². The zero-order valence-electron chi connectivity index (χ0n) is 13.3. The molecule has 0 saturated heterocycles. The van der Waals surface area contributed by atoms with Crippen molar-refractivity contribution in [1.82, 2.24) is 4.40 Å². The Kier molecular flexibility index (Phi) is 4.11. The molecule has 0 aliphatic heterocycles. The number of Topliss-reactive ketones (excluding diaryl/α,β-unsaturated/α-hetero) is 1. The number of hydrogen-bond donors (Lipinski definition) is 2. The number of primary amides is 1. The minimum Gasteiger partial charge on any atom is -0.506 e. The van der Waals surface area contributed by atoms with Crippen molar-refractivity contribution < 1.29 is 14.7 Å². The molecule has 3 N–H and O–H groups in total. The molecule has 5 heteroatoms. The number of hydrogen-bond acceptors (Lipinski definition) is 3. The maximum atomic E-state index is 12.2. The summed E-state index contributed by atoms with van der Waals surface area (Å²) in [6.45, 7) is 1.83. The molecule has 23 heavy (non-hydrogen) atoms. The summed E-state index contributed by atoms with van der Waals surface area (Å²) in [7, 11) is 0. The van der Waals surface area contributed by atoms with Crippen LogP contribution < -0.4 is 5.73 Å². The Hall–Kier alpha value is -2.30. The minimum absolute atomic E-state index is 0.00454. The van der Waals surface area contributed by atoms with Gasteiger partial charge < -0.3 is 15.2 Å². The summed E-state index contributed by atoms with van der Waals surface area (Å²) in [5, 5.41) is 10.2. The fourth-order valence-electron chi connectivity index (χ4n) is 3.79. The number of amides is 1. The van der Waals surface area contributed by atoms with Crippen molar-refractivity contribution in [3.63, 3.8) is 0 Å². The Balaban J connectivity index is 2.14. The molecule has 2 aromatic rings. The second kappa shape index (κ2) is 6.07. The van der Waals surface area contributed by atoms with Crippen LogP contribution in [0.15, 0.2) is 18.3 Å². The Labute approximate surface area is 135 Å². The molecule has 2 heterocycles. The summed E-state index contributed by atoms with van der Waals surface area (Å²) in [4.78, 5) is 23.6. The highest BCUT2D eigenvalue weighted by atomic mass is 16.3. The highest BCUT2D eigenvalue weighted by molar-refractivity contribution is 6.44. The van der Waals surface area contributed by atoms with Gasteiger partial charge in [0.1, 0.15) is 5.75 Å². The third-order valence-electron chi connectivity index (χ3n) is 4.97. The van der Waals surface area contributed by atoms with E-state index >= 15 is 0 Å². The van der Waals surface area contributed by atoms with E-state index in [4.69, 9.17) is 5.73 Å². The van der Waals surface area contributed by atoms with Crippen LogP contribution in [0.25, 0.3) is 5.52 Å². The molecular formula is C18H22N2O3. The fourth-order valence-corrected chi connectivity index (χ4v) is 3.79. The van der Waals surface area contributed by atoms with Gasteiger partial charge in [0.15, 0.2) is 0 Å². The molecular weight excluding hydrogens is 292 g/mol. The summed E-state index contributed by atoms with van der Waals surface area (Å²) in [5.74, 6) is -1.15. The number of nitrogens with zero attached hydrogens (tertiary/aromatic N) is 1. The van der Waals surface area contributed by atoms with E-state index in [9.17, 15) is 14.7 Å². The molecule has 0 atom stereocenters. The number of carbonyl (C=O) groups is 2. The van der Waals surface area contributed by atoms with E-state index < -0.39 is 11.7 Å². The number of nitrogens with two attached hydrogens (primary N) is 1. The molecule has 0 unspecified atom stereocenters. The second-order valence-corrected chi connectivity index (χ2v) is 6.46. The first-order valence-electron chi connectivity index (χ1n) is 8.16. The molecule has 1 amide bonds. The molecule has 0 spiro atoms. The van der Waals surface area contributed by atoms with Crippen molar-refractivity contribution in [2.24, 2.45) is 11.7 Å². The van der Waals surface area contributed by atoms with Gasteiger partial charge in [-0.1, -0.05) is 32.1 Å². The average Bonchev–Trinajstić information content (AvgIpc) is 2.82. The third-order valence-corrected chi connectivity index (χ3v) is 4.97. The number of pyridine rings is 1. The van der Waals surface area contributed by atoms with Gasteiger partial charge in [-0.25, -0.2) is 0 Å². The quantitative estimate of drug-likeness (QED) is 0.672. The minimum atomic E-state index is -0.993. The van der Waals surface area contributed by atoms with Gasteiger partial charge in [0.05, 0.1) is 11.1 Å². The third kappa shape index (κ3) is 2.71. The molecule has 0 radical (unpaired) electrons. The Bertz CT molecular complexity index is 770.